The molecule has 2 nitrogen and oxygen atoms in total. The van der Waals surface area contributed by atoms with Crippen molar-refractivity contribution in [2.75, 3.05) is 0 Å². The molecule has 0 saturated carbocycles. The third-order valence-electron chi connectivity index (χ3n) is 2.91. The van der Waals surface area contributed by atoms with Gasteiger partial charge in [-0.15, -0.1) is 11.3 Å². The summed E-state index contributed by atoms with van der Waals surface area (Å²) in [6, 6.07) is 12.8. The van der Waals surface area contributed by atoms with Gasteiger partial charge >= 0.3 is 0 Å². The lowest BCUT2D eigenvalue weighted by Crippen LogP contribution is -2.38. The second-order valence-electron chi connectivity index (χ2n) is 4.46. The van der Waals surface area contributed by atoms with E-state index in [2.05, 4.69) is 42.7 Å². The number of rotatable bonds is 5. The van der Waals surface area contributed by atoms with Gasteiger partial charge in [0.1, 0.15) is 0 Å². The summed E-state index contributed by atoms with van der Waals surface area (Å²) < 4.78 is 0.830. The number of hydrogen-bond acceptors (Lipinski definition) is 3. The molecule has 1 heterocycles. The van der Waals surface area contributed by atoms with Gasteiger partial charge < -0.3 is 0 Å². The maximum absolute atomic E-state index is 5.93. The lowest BCUT2D eigenvalue weighted by molar-refractivity contribution is 0.525. The van der Waals surface area contributed by atoms with E-state index in [1.165, 1.54) is 16.0 Å². The van der Waals surface area contributed by atoms with Crippen molar-refractivity contribution < 1.29 is 0 Å². The van der Waals surface area contributed by atoms with Crippen molar-refractivity contribution in [1.82, 2.24) is 5.43 Å². The highest BCUT2D eigenvalue weighted by atomic mass is 35.5. The van der Waals surface area contributed by atoms with E-state index in [0.717, 1.165) is 17.2 Å². The quantitative estimate of drug-likeness (QED) is 0.651. The molecule has 0 bridgehead atoms. The molecule has 0 spiro atoms. The van der Waals surface area contributed by atoms with Gasteiger partial charge in [-0.1, -0.05) is 41.4 Å². The number of nitrogens with two attached hydrogens (primary N) is 1. The van der Waals surface area contributed by atoms with Crippen molar-refractivity contribution in [3.05, 3.63) is 56.7 Å². The number of hydrogen-bond donors (Lipinski definition) is 2. The average Bonchev–Trinajstić information content (AvgIpc) is 2.77. The van der Waals surface area contributed by atoms with Crippen LogP contribution < -0.4 is 11.3 Å². The van der Waals surface area contributed by atoms with Gasteiger partial charge in [-0.25, -0.2) is 0 Å². The second-order valence-corrected chi connectivity index (χ2v) is 6.26. The Hall–Kier alpha value is -0.870. The van der Waals surface area contributed by atoms with Crippen molar-refractivity contribution in [2.45, 2.75) is 25.8 Å². The van der Waals surface area contributed by atoms with Crippen LogP contribution in [0.25, 0.3) is 0 Å². The van der Waals surface area contributed by atoms with E-state index in [4.69, 9.17) is 17.4 Å². The lowest BCUT2D eigenvalue weighted by atomic mass is 10.0. The zero-order valence-electron chi connectivity index (χ0n) is 10.3. The normalized spacial score (nSPS) is 12.6. The number of hydrazine groups is 1. The molecule has 1 aromatic carbocycles. The molecule has 18 heavy (non-hydrogen) atoms. The molecule has 0 amide bonds. The van der Waals surface area contributed by atoms with Crippen LogP contribution in [0.5, 0.6) is 0 Å². The van der Waals surface area contributed by atoms with Gasteiger partial charge in [0, 0.05) is 10.9 Å². The average molecular weight is 281 g/mol. The summed E-state index contributed by atoms with van der Waals surface area (Å²) >= 11 is 7.55. The molecule has 0 radical (unpaired) electrons. The highest BCUT2D eigenvalue weighted by Crippen LogP contribution is 2.23. The van der Waals surface area contributed by atoms with Gasteiger partial charge in [0.15, 0.2) is 0 Å². The van der Waals surface area contributed by atoms with Crippen LogP contribution in [0.15, 0.2) is 36.4 Å². The standard InChI is InChI=1S/C14H17ClN2S/c1-10-2-4-11(5-3-10)8-12(17-16)9-13-6-7-14(15)18-13/h2-7,12,17H,8-9,16H2,1H3. The van der Waals surface area contributed by atoms with E-state index < -0.39 is 0 Å². The van der Waals surface area contributed by atoms with Gasteiger partial charge in [-0.05, 0) is 37.5 Å². The summed E-state index contributed by atoms with van der Waals surface area (Å²) in [5.41, 5.74) is 5.46. The maximum Gasteiger partial charge on any atom is 0.0931 e. The fourth-order valence-electron chi connectivity index (χ4n) is 1.90. The largest absolute Gasteiger partial charge is 0.271 e. The van der Waals surface area contributed by atoms with E-state index in [-0.39, 0.29) is 6.04 Å². The molecule has 4 heteroatoms. The topological polar surface area (TPSA) is 38.0 Å². The zero-order valence-corrected chi connectivity index (χ0v) is 11.9. The summed E-state index contributed by atoms with van der Waals surface area (Å²) in [6.07, 6.45) is 1.83. The molecule has 1 aromatic heterocycles. The van der Waals surface area contributed by atoms with E-state index in [1.807, 2.05) is 6.07 Å². The molecule has 96 valence electrons. The molecule has 0 saturated heterocycles. The number of benzene rings is 1. The van der Waals surface area contributed by atoms with Gasteiger partial charge in [-0.2, -0.15) is 0 Å². The number of nitrogens with one attached hydrogen (secondary N) is 1. The molecule has 0 aliphatic carbocycles. The van der Waals surface area contributed by atoms with Crippen LogP contribution in [0.1, 0.15) is 16.0 Å². The summed E-state index contributed by atoms with van der Waals surface area (Å²) in [6.45, 7) is 2.09. The van der Waals surface area contributed by atoms with Crippen molar-refractivity contribution in [2.24, 2.45) is 5.84 Å². The van der Waals surface area contributed by atoms with Crippen LogP contribution in [-0.4, -0.2) is 6.04 Å². The van der Waals surface area contributed by atoms with Gasteiger partial charge in [0.2, 0.25) is 0 Å². The molecule has 1 atom stereocenters. The fourth-order valence-corrected chi connectivity index (χ4v) is 3.07. The predicted molar refractivity (Wildman–Crippen MR) is 79.0 cm³/mol. The Bertz CT molecular complexity index is 493. The Morgan fingerprint density at radius 2 is 1.89 bits per heavy atom. The first-order valence-corrected chi connectivity index (χ1v) is 7.12. The Labute approximate surface area is 117 Å². The molecule has 2 aromatic rings. The van der Waals surface area contributed by atoms with Crippen LogP contribution in [-0.2, 0) is 12.8 Å². The Morgan fingerprint density at radius 3 is 2.44 bits per heavy atom. The number of thiophene rings is 1. The molecular formula is C14H17ClN2S. The highest BCUT2D eigenvalue weighted by Gasteiger charge is 2.10. The molecular weight excluding hydrogens is 264 g/mol. The SMILES string of the molecule is Cc1ccc(CC(Cc2ccc(Cl)s2)NN)cc1. The smallest absolute Gasteiger partial charge is 0.0931 e. The first kappa shape index (κ1) is 13.6. The number of halogens is 1. The molecule has 3 N–H and O–H groups in total. The predicted octanol–water partition coefficient (Wildman–Crippen LogP) is 3.33. The summed E-state index contributed by atoms with van der Waals surface area (Å²) in [7, 11) is 0. The fraction of sp³-hybridized carbons (Fsp3) is 0.286. The van der Waals surface area contributed by atoms with Gasteiger partial charge in [-0.3, -0.25) is 11.3 Å². The van der Waals surface area contributed by atoms with Crippen LogP contribution in [0.2, 0.25) is 4.34 Å². The number of aryl methyl sites for hydroxylation is 1. The van der Waals surface area contributed by atoms with Crippen LogP contribution >= 0.6 is 22.9 Å². The highest BCUT2D eigenvalue weighted by molar-refractivity contribution is 7.16. The van der Waals surface area contributed by atoms with Gasteiger partial charge in [0.05, 0.1) is 4.34 Å². The van der Waals surface area contributed by atoms with Crippen molar-refractivity contribution in [3.8, 4) is 0 Å². The Balaban J connectivity index is 1.99. The lowest BCUT2D eigenvalue weighted by Gasteiger charge is -2.15. The third-order valence-corrected chi connectivity index (χ3v) is 4.17. The van der Waals surface area contributed by atoms with Gasteiger partial charge in [0.25, 0.3) is 0 Å². The minimum atomic E-state index is 0.238. The van der Waals surface area contributed by atoms with Crippen LogP contribution in [0, 0.1) is 6.92 Å². The molecule has 0 fully saturated rings. The molecule has 0 aliphatic heterocycles. The Morgan fingerprint density at radius 1 is 1.17 bits per heavy atom. The van der Waals surface area contributed by atoms with Crippen molar-refractivity contribution >= 4 is 22.9 Å². The first-order chi connectivity index (χ1) is 8.67. The van der Waals surface area contributed by atoms with Crippen LogP contribution in [0.4, 0.5) is 0 Å². The third kappa shape index (κ3) is 3.82. The molecule has 2 rings (SSSR count). The van der Waals surface area contributed by atoms with Crippen molar-refractivity contribution in [1.29, 1.82) is 0 Å². The summed E-state index contributed by atoms with van der Waals surface area (Å²) in [5, 5.41) is 0. The monoisotopic (exact) mass is 280 g/mol. The first-order valence-electron chi connectivity index (χ1n) is 5.93. The minimum Gasteiger partial charge on any atom is -0.271 e. The maximum atomic E-state index is 5.93. The summed E-state index contributed by atoms with van der Waals surface area (Å²) in [5.74, 6) is 5.63. The molecule has 1 unspecified atom stereocenters. The van der Waals surface area contributed by atoms with Crippen molar-refractivity contribution in [3.63, 3.8) is 0 Å². The Kier molecular flexibility index (Phi) is 4.78. The second kappa shape index (κ2) is 6.34. The van der Waals surface area contributed by atoms with Crippen LogP contribution in [0.3, 0.4) is 0 Å². The van der Waals surface area contributed by atoms with E-state index in [1.54, 1.807) is 11.3 Å². The summed E-state index contributed by atoms with van der Waals surface area (Å²) in [4.78, 5) is 1.26. The minimum absolute atomic E-state index is 0.238. The van der Waals surface area contributed by atoms with E-state index >= 15 is 0 Å². The van der Waals surface area contributed by atoms with E-state index in [0.29, 0.717) is 0 Å². The molecule has 0 aliphatic rings. The van der Waals surface area contributed by atoms with E-state index in [9.17, 15) is 0 Å². The zero-order chi connectivity index (χ0) is 13.0.